The van der Waals surface area contributed by atoms with E-state index in [9.17, 15) is 9.90 Å². The molecule has 0 unspecified atom stereocenters. The fourth-order valence-electron chi connectivity index (χ4n) is 2.08. The molecule has 0 atom stereocenters. The second-order valence-electron chi connectivity index (χ2n) is 5.17. The summed E-state index contributed by atoms with van der Waals surface area (Å²) in [5.74, 6) is 0.00969. The number of hydrogen-bond acceptors (Lipinski definition) is 3. The molecule has 0 saturated carbocycles. The SMILES string of the molecule is CC(C)c1nn(CCCOc2ccccc2)cc1C(=O)O. The van der Waals surface area contributed by atoms with E-state index in [1.807, 2.05) is 44.2 Å². The van der Waals surface area contributed by atoms with Crippen LogP contribution in [0.25, 0.3) is 0 Å². The standard InChI is InChI=1S/C16H20N2O3/c1-12(2)15-14(16(19)20)11-18(17-15)9-6-10-21-13-7-4-3-5-8-13/h3-5,7-8,11-12H,6,9-10H2,1-2H3,(H,19,20). The largest absolute Gasteiger partial charge is 0.494 e. The van der Waals surface area contributed by atoms with Gasteiger partial charge < -0.3 is 9.84 Å². The van der Waals surface area contributed by atoms with Crippen molar-refractivity contribution in [3.8, 4) is 5.75 Å². The molecule has 0 spiro atoms. The van der Waals surface area contributed by atoms with Crippen molar-refractivity contribution in [3.63, 3.8) is 0 Å². The minimum atomic E-state index is -0.925. The molecular weight excluding hydrogens is 268 g/mol. The van der Waals surface area contributed by atoms with Crippen LogP contribution in [0.15, 0.2) is 36.5 Å². The van der Waals surface area contributed by atoms with Gasteiger partial charge in [-0.3, -0.25) is 4.68 Å². The number of carbonyl (C=O) groups is 1. The Hall–Kier alpha value is -2.30. The average Bonchev–Trinajstić information content (AvgIpc) is 2.89. The number of carboxylic acid groups (broad SMARTS) is 1. The fraction of sp³-hybridized carbons (Fsp3) is 0.375. The van der Waals surface area contributed by atoms with Crippen molar-refractivity contribution in [2.75, 3.05) is 6.61 Å². The Bertz CT molecular complexity index is 591. The third-order valence-electron chi connectivity index (χ3n) is 3.11. The van der Waals surface area contributed by atoms with Gasteiger partial charge in [0.2, 0.25) is 0 Å². The van der Waals surface area contributed by atoms with E-state index in [-0.39, 0.29) is 11.5 Å². The topological polar surface area (TPSA) is 64.4 Å². The predicted molar refractivity (Wildman–Crippen MR) is 79.8 cm³/mol. The van der Waals surface area contributed by atoms with Crippen molar-refractivity contribution in [3.05, 3.63) is 47.8 Å². The van der Waals surface area contributed by atoms with E-state index in [2.05, 4.69) is 5.10 Å². The molecule has 0 saturated heterocycles. The van der Waals surface area contributed by atoms with Crippen molar-refractivity contribution in [1.82, 2.24) is 9.78 Å². The zero-order chi connectivity index (χ0) is 15.2. The summed E-state index contributed by atoms with van der Waals surface area (Å²) in [4.78, 5) is 11.2. The molecule has 1 N–H and O–H groups in total. The first-order valence-electron chi connectivity index (χ1n) is 7.06. The molecular formula is C16H20N2O3. The number of benzene rings is 1. The highest BCUT2D eigenvalue weighted by molar-refractivity contribution is 5.88. The summed E-state index contributed by atoms with van der Waals surface area (Å²) in [5.41, 5.74) is 0.917. The van der Waals surface area contributed by atoms with Crippen LogP contribution in [-0.4, -0.2) is 27.5 Å². The number of para-hydroxylation sites is 1. The van der Waals surface area contributed by atoms with Crippen molar-refractivity contribution < 1.29 is 14.6 Å². The lowest BCUT2D eigenvalue weighted by molar-refractivity contribution is 0.0695. The summed E-state index contributed by atoms with van der Waals surface area (Å²) >= 11 is 0. The predicted octanol–water partition coefficient (Wildman–Crippen LogP) is 3.17. The van der Waals surface area contributed by atoms with E-state index < -0.39 is 5.97 Å². The van der Waals surface area contributed by atoms with Gasteiger partial charge in [0.25, 0.3) is 0 Å². The van der Waals surface area contributed by atoms with Gasteiger partial charge in [0, 0.05) is 19.2 Å². The molecule has 21 heavy (non-hydrogen) atoms. The smallest absolute Gasteiger partial charge is 0.339 e. The Morgan fingerprint density at radius 3 is 2.62 bits per heavy atom. The Balaban J connectivity index is 1.89. The Morgan fingerprint density at radius 1 is 1.33 bits per heavy atom. The molecule has 0 aliphatic carbocycles. The summed E-state index contributed by atoms with van der Waals surface area (Å²) in [5, 5.41) is 13.5. The van der Waals surface area contributed by atoms with Gasteiger partial charge in [-0.15, -0.1) is 0 Å². The molecule has 1 aromatic carbocycles. The molecule has 0 bridgehead atoms. The van der Waals surface area contributed by atoms with Crippen molar-refractivity contribution >= 4 is 5.97 Å². The number of ether oxygens (including phenoxy) is 1. The van der Waals surface area contributed by atoms with Gasteiger partial charge in [-0.25, -0.2) is 4.79 Å². The lowest BCUT2D eigenvalue weighted by Crippen LogP contribution is -2.05. The molecule has 0 aliphatic heterocycles. The summed E-state index contributed by atoms with van der Waals surface area (Å²) in [6, 6.07) is 9.62. The highest BCUT2D eigenvalue weighted by Gasteiger charge is 2.17. The van der Waals surface area contributed by atoms with Gasteiger partial charge in [0.05, 0.1) is 12.3 Å². The first-order chi connectivity index (χ1) is 10.1. The van der Waals surface area contributed by atoms with Crippen molar-refractivity contribution in [2.24, 2.45) is 0 Å². The maximum absolute atomic E-state index is 11.2. The summed E-state index contributed by atoms with van der Waals surface area (Å²) in [6.45, 7) is 5.10. The summed E-state index contributed by atoms with van der Waals surface area (Å²) in [7, 11) is 0. The number of hydrogen-bond donors (Lipinski definition) is 1. The molecule has 112 valence electrons. The van der Waals surface area contributed by atoms with Crippen LogP contribution in [0.4, 0.5) is 0 Å². The van der Waals surface area contributed by atoms with Crippen LogP contribution >= 0.6 is 0 Å². The number of aryl methyl sites for hydroxylation is 1. The average molecular weight is 288 g/mol. The van der Waals surface area contributed by atoms with Gasteiger partial charge >= 0.3 is 5.97 Å². The van der Waals surface area contributed by atoms with Crippen LogP contribution < -0.4 is 4.74 Å². The Kier molecular flexibility index (Phi) is 4.98. The van der Waals surface area contributed by atoms with E-state index in [1.54, 1.807) is 10.9 Å². The number of nitrogens with zero attached hydrogens (tertiary/aromatic N) is 2. The van der Waals surface area contributed by atoms with Gasteiger partial charge in [0.1, 0.15) is 11.3 Å². The first-order valence-corrected chi connectivity index (χ1v) is 7.06. The quantitative estimate of drug-likeness (QED) is 0.795. The summed E-state index contributed by atoms with van der Waals surface area (Å²) < 4.78 is 7.29. The van der Waals surface area contributed by atoms with Crippen LogP contribution in [-0.2, 0) is 6.54 Å². The van der Waals surface area contributed by atoms with E-state index in [1.165, 1.54) is 0 Å². The second kappa shape index (κ2) is 6.92. The van der Waals surface area contributed by atoms with Crippen LogP contribution in [0, 0.1) is 0 Å². The zero-order valence-electron chi connectivity index (χ0n) is 12.3. The van der Waals surface area contributed by atoms with Gasteiger partial charge in [-0.05, 0) is 18.1 Å². The minimum Gasteiger partial charge on any atom is -0.494 e. The maximum atomic E-state index is 11.2. The normalized spacial score (nSPS) is 10.8. The van der Waals surface area contributed by atoms with E-state index in [4.69, 9.17) is 4.74 Å². The molecule has 0 amide bonds. The molecule has 5 heteroatoms. The summed E-state index contributed by atoms with van der Waals surface area (Å²) in [6.07, 6.45) is 2.37. The third kappa shape index (κ3) is 4.08. The number of rotatable bonds is 7. The fourth-order valence-corrected chi connectivity index (χ4v) is 2.08. The van der Waals surface area contributed by atoms with E-state index in [0.29, 0.717) is 18.8 Å². The Morgan fingerprint density at radius 2 is 2.05 bits per heavy atom. The van der Waals surface area contributed by atoms with Crippen LogP contribution in [0.2, 0.25) is 0 Å². The molecule has 2 rings (SSSR count). The van der Waals surface area contributed by atoms with Crippen LogP contribution in [0.5, 0.6) is 5.75 Å². The lowest BCUT2D eigenvalue weighted by atomic mass is 10.1. The van der Waals surface area contributed by atoms with Gasteiger partial charge in [0.15, 0.2) is 0 Å². The highest BCUT2D eigenvalue weighted by atomic mass is 16.5. The molecule has 0 radical (unpaired) electrons. The molecule has 0 aliphatic rings. The van der Waals surface area contributed by atoms with Crippen LogP contribution in [0.3, 0.4) is 0 Å². The minimum absolute atomic E-state index is 0.0953. The number of aromatic nitrogens is 2. The lowest BCUT2D eigenvalue weighted by Gasteiger charge is -2.06. The van der Waals surface area contributed by atoms with Crippen LogP contribution in [0.1, 0.15) is 42.2 Å². The van der Waals surface area contributed by atoms with Crippen molar-refractivity contribution in [2.45, 2.75) is 32.7 Å². The molecule has 1 aromatic heterocycles. The monoisotopic (exact) mass is 288 g/mol. The first kappa shape index (κ1) is 15.1. The Labute approximate surface area is 124 Å². The number of aromatic carboxylic acids is 1. The molecule has 2 aromatic rings. The maximum Gasteiger partial charge on any atom is 0.339 e. The molecule has 0 fully saturated rings. The third-order valence-corrected chi connectivity index (χ3v) is 3.11. The van der Waals surface area contributed by atoms with Gasteiger partial charge in [-0.1, -0.05) is 32.0 Å². The molecule has 1 heterocycles. The molecule has 5 nitrogen and oxygen atoms in total. The van der Waals surface area contributed by atoms with Gasteiger partial charge in [-0.2, -0.15) is 5.10 Å². The van der Waals surface area contributed by atoms with E-state index in [0.717, 1.165) is 12.2 Å². The second-order valence-corrected chi connectivity index (χ2v) is 5.17. The van der Waals surface area contributed by atoms with E-state index >= 15 is 0 Å². The highest BCUT2D eigenvalue weighted by Crippen LogP contribution is 2.17. The number of carboxylic acids is 1. The van der Waals surface area contributed by atoms with Crippen molar-refractivity contribution in [1.29, 1.82) is 0 Å². The zero-order valence-corrected chi connectivity index (χ0v) is 12.3.